The molecule has 0 bridgehead atoms. The Hall–Kier alpha value is -0.0600. The molecule has 15 heavy (non-hydrogen) atoms. The summed E-state index contributed by atoms with van der Waals surface area (Å²) in [6.45, 7) is 8.17. The lowest BCUT2D eigenvalue weighted by Crippen LogP contribution is -2.40. The van der Waals surface area contributed by atoms with E-state index in [1.165, 1.54) is 12.8 Å². The van der Waals surface area contributed by atoms with Crippen molar-refractivity contribution in [3.05, 3.63) is 9.66 Å². The summed E-state index contributed by atoms with van der Waals surface area (Å²) in [5.41, 5.74) is -0.128. The number of nitrogens with one attached hydrogen (secondary N) is 1. The van der Waals surface area contributed by atoms with E-state index >= 15 is 0 Å². The fourth-order valence-electron chi connectivity index (χ4n) is 1.15. The summed E-state index contributed by atoms with van der Waals surface area (Å²) in [5, 5.41) is 2.96. The molecular formula is C12H22INO. The third kappa shape index (κ3) is 10.2. The third-order valence-corrected chi connectivity index (χ3v) is 2.59. The molecule has 1 N–H and O–H groups in total. The SMILES string of the molecule is CCCC/C=C(/I)CC(=O)NC(C)(C)C. The van der Waals surface area contributed by atoms with Crippen LogP contribution in [0, 0.1) is 0 Å². The molecule has 0 rings (SSSR count). The minimum absolute atomic E-state index is 0.111. The van der Waals surface area contributed by atoms with Crippen LogP contribution in [0.4, 0.5) is 0 Å². The first-order chi connectivity index (χ1) is 6.85. The summed E-state index contributed by atoms with van der Waals surface area (Å²) in [6, 6.07) is 0. The predicted molar refractivity (Wildman–Crippen MR) is 74.1 cm³/mol. The van der Waals surface area contributed by atoms with Gasteiger partial charge in [0.25, 0.3) is 0 Å². The van der Waals surface area contributed by atoms with E-state index in [1.807, 2.05) is 20.8 Å². The lowest BCUT2D eigenvalue weighted by molar-refractivity contribution is -0.121. The Kier molecular flexibility index (Phi) is 7.22. The minimum Gasteiger partial charge on any atom is -0.351 e. The second kappa shape index (κ2) is 7.25. The summed E-state index contributed by atoms with van der Waals surface area (Å²) in [5.74, 6) is 0.111. The zero-order valence-corrected chi connectivity index (χ0v) is 12.3. The van der Waals surface area contributed by atoms with Crippen LogP contribution in [-0.2, 0) is 4.79 Å². The van der Waals surface area contributed by atoms with Gasteiger partial charge in [-0.2, -0.15) is 0 Å². The number of hydrogen-bond donors (Lipinski definition) is 1. The molecular weight excluding hydrogens is 301 g/mol. The van der Waals surface area contributed by atoms with Gasteiger partial charge in [0, 0.05) is 5.54 Å². The highest BCUT2D eigenvalue weighted by molar-refractivity contribution is 14.1. The van der Waals surface area contributed by atoms with Crippen molar-refractivity contribution in [3.8, 4) is 0 Å². The van der Waals surface area contributed by atoms with Crippen LogP contribution in [0.15, 0.2) is 9.66 Å². The highest BCUT2D eigenvalue weighted by atomic mass is 127. The van der Waals surface area contributed by atoms with Crippen LogP contribution >= 0.6 is 22.6 Å². The lowest BCUT2D eigenvalue weighted by atomic mass is 10.1. The van der Waals surface area contributed by atoms with Crippen molar-refractivity contribution in [3.63, 3.8) is 0 Å². The number of hydrogen-bond acceptors (Lipinski definition) is 1. The number of unbranched alkanes of at least 4 members (excludes halogenated alkanes) is 2. The first-order valence-electron chi connectivity index (χ1n) is 5.50. The topological polar surface area (TPSA) is 29.1 Å². The van der Waals surface area contributed by atoms with E-state index < -0.39 is 0 Å². The largest absolute Gasteiger partial charge is 0.351 e. The molecule has 0 heterocycles. The van der Waals surface area contributed by atoms with Crippen molar-refractivity contribution >= 4 is 28.5 Å². The quantitative estimate of drug-likeness (QED) is 0.605. The van der Waals surface area contributed by atoms with Crippen molar-refractivity contribution in [2.75, 3.05) is 0 Å². The van der Waals surface area contributed by atoms with Crippen LogP contribution in [0.5, 0.6) is 0 Å². The lowest BCUT2D eigenvalue weighted by Gasteiger charge is -2.20. The summed E-state index contributed by atoms with van der Waals surface area (Å²) >= 11 is 2.25. The van der Waals surface area contributed by atoms with Crippen LogP contribution in [0.3, 0.4) is 0 Å². The second-order valence-electron chi connectivity index (χ2n) is 4.77. The molecule has 0 aromatic heterocycles. The standard InChI is InChI=1S/C12H22INO/c1-5-6-7-8-10(13)9-11(15)14-12(2,3)4/h8H,5-7,9H2,1-4H3,(H,14,15)/b10-8+. The van der Waals surface area contributed by atoms with Crippen LogP contribution in [0.25, 0.3) is 0 Å². The molecule has 0 aliphatic rings. The average molecular weight is 323 g/mol. The van der Waals surface area contributed by atoms with Gasteiger partial charge in [0.2, 0.25) is 5.91 Å². The molecule has 0 spiro atoms. The molecule has 0 atom stereocenters. The average Bonchev–Trinajstić information content (AvgIpc) is 2.00. The first-order valence-corrected chi connectivity index (χ1v) is 6.58. The van der Waals surface area contributed by atoms with Crippen LogP contribution in [0.1, 0.15) is 53.4 Å². The molecule has 88 valence electrons. The van der Waals surface area contributed by atoms with Crippen molar-refractivity contribution in [2.24, 2.45) is 0 Å². The minimum atomic E-state index is -0.128. The summed E-state index contributed by atoms with van der Waals surface area (Å²) in [7, 11) is 0. The highest BCUT2D eigenvalue weighted by Crippen LogP contribution is 2.14. The van der Waals surface area contributed by atoms with Gasteiger partial charge < -0.3 is 5.32 Å². The third-order valence-electron chi connectivity index (χ3n) is 1.77. The van der Waals surface area contributed by atoms with E-state index in [2.05, 4.69) is 40.9 Å². The molecule has 1 amide bonds. The Labute approximate surface area is 107 Å². The van der Waals surface area contributed by atoms with Gasteiger partial charge in [-0.05, 0) is 53.4 Å². The molecule has 0 aromatic carbocycles. The van der Waals surface area contributed by atoms with E-state index in [0.29, 0.717) is 6.42 Å². The van der Waals surface area contributed by atoms with Gasteiger partial charge in [0.1, 0.15) is 0 Å². The molecule has 0 aliphatic carbocycles. The van der Waals surface area contributed by atoms with Gasteiger partial charge in [0.05, 0.1) is 6.42 Å². The van der Waals surface area contributed by atoms with E-state index in [-0.39, 0.29) is 11.4 Å². The van der Waals surface area contributed by atoms with E-state index in [1.54, 1.807) is 0 Å². The van der Waals surface area contributed by atoms with Crippen molar-refractivity contribution < 1.29 is 4.79 Å². The van der Waals surface area contributed by atoms with Gasteiger partial charge >= 0.3 is 0 Å². The van der Waals surface area contributed by atoms with Crippen molar-refractivity contribution in [1.29, 1.82) is 0 Å². The maximum Gasteiger partial charge on any atom is 0.225 e. The van der Waals surface area contributed by atoms with E-state index in [4.69, 9.17) is 0 Å². The zero-order valence-electron chi connectivity index (χ0n) is 10.2. The highest BCUT2D eigenvalue weighted by Gasteiger charge is 2.13. The molecule has 0 saturated heterocycles. The zero-order chi connectivity index (χ0) is 11.9. The van der Waals surface area contributed by atoms with E-state index in [0.717, 1.165) is 10.0 Å². The Balaban J connectivity index is 3.91. The van der Waals surface area contributed by atoms with Gasteiger partial charge in [-0.25, -0.2) is 0 Å². The maximum atomic E-state index is 11.5. The first kappa shape index (κ1) is 14.9. The van der Waals surface area contributed by atoms with Gasteiger partial charge in [0.15, 0.2) is 0 Å². The number of carbonyl (C=O) groups excluding carboxylic acids is 1. The molecule has 0 aromatic rings. The van der Waals surface area contributed by atoms with Gasteiger partial charge in [-0.3, -0.25) is 4.79 Å². The molecule has 0 radical (unpaired) electrons. The Morgan fingerprint density at radius 1 is 1.40 bits per heavy atom. The fourth-order valence-corrected chi connectivity index (χ4v) is 1.81. The Bertz CT molecular complexity index is 228. The number of rotatable bonds is 5. The maximum absolute atomic E-state index is 11.5. The summed E-state index contributed by atoms with van der Waals surface area (Å²) in [6.07, 6.45) is 6.16. The molecule has 0 unspecified atom stereocenters. The Morgan fingerprint density at radius 2 is 2.00 bits per heavy atom. The molecule has 0 fully saturated rings. The van der Waals surface area contributed by atoms with Crippen molar-refractivity contribution in [2.45, 2.75) is 58.9 Å². The smallest absolute Gasteiger partial charge is 0.225 e. The summed E-state index contributed by atoms with van der Waals surface area (Å²) in [4.78, 5) is 11.5. The Morgan fingerprint density at radius 3 is 2.47 bits per heavy atom. The number of halogens is 1. The number of amides is 1. The fraction of sp³-hybridized carbons (Fsp3) is 0.750. The second-order valence-corrected chi connectivity index (χ2v) is 6.15. The monoisotopic (exact) mass is 323 g/mol. The van der Waals surface area contributed by atoms with E-state index in [9.17, 15) is 4.79 Å². The normalized spacial score (nSPS) is 12.7. The molecule has 3 heteroatoms. The molecule has 0 saturated carbocycles. The molecule has 0 aliphatic heterocycles. The van der Waals surface area contributed by atoms with Crippen molar-refractivity contribution in [1.82, 2.24) is 5.32 Å². The number of allylic oxidation sites excluding steroid dienone is 1. The van der Waals surface area contributed by atoms with Gasteiger partial charge in [-0.1, -0.05) is 25.8 Å². The predicted octanol–water partition coefficient (Wildman–Crippen LogP) is 3.80. The van der Waals surface area contributed by atoms with Crippen LogP contribution in [0.2, 0.25) is 0 Å². The van der Waals surface area contributed by atoms with Crippen LogP contribution < -0.4 is 5.32 Å². The van der Waals surface area contributed by atoms with Crippen LogP contribution in [-0.4, -0.2) is 11.4 Å². The molecule has 2 nitrogen and oxygen atoms in total. The van der Waals surface area contributed by atoms with Gasteiger partial charge in [-0.15, -0.1) is 0 Å². The number of carbonyl (C=O) groups is 1. The summed E-state index contributed by atoms with van der Waals surface area (Å²) < 4.78 is 1.14.